The second-order valence-electron chi connectivity index (χ2n) is 13.3. The highest BCUT2D eigenvalue weighted by molar-refractivity contribution is 5.95. The molecule has 2 bridgehead atoms. The third-order valence-electron chi connectivity index (χ3n) is 10.4. The SMILES string of the molecule is COc1ccc(CCn2cnc3cc(NC(=NC4CC5C[C@H]([C@@H]4C)C5(C)C)N(C)CCc4ccncc4)ccc3c2=O)c(F)c1. The van der Waals surface area contributed by atoms with E-state index >= 15 is 0 Å². The molecule has 3 aliphatic rings. The van der Waals surface area contributed by atoms with Crippen LogP contribution in [0.3, 0.4) is 0 Å². The number of rotatable bonds is 9. The number of benzene rings is 2. The molecule has 3 saturated carbocycles. The standard InChI is InChI=1S/C36H43FN6O2/c1-23-30-18-26(36(30,2)3)19-32(23)41-35(42(4)16-12-24-10-14-38-15-11-24)40-27-7-9-29-33(20-27)39-22-43(34(29)44)17-13-25-6-8-28(45-5)21-31(25)37/h6-11,14-15,20-23,26,30,32H,12-13,16-19H2,1-5H3,(H,40,41)/t23-,26?,30+,32?/m0/s1. The van der Waals surface area contributed by atoms with Gasteiger partial charge in [-0.15, -0.1) is 0 Å². The molecule has 2 aromatic heterocycles. The van der Waals surface area contributed by atoms with E-state index in [9.17, 15) is 9.18 Å². The van der Waals surface area contributed by atoms with Gasteiger partial charge in [0, 0.05) is 44.3 Å². The van der Waals surface area contributed by atoms with Crippen LogP contribution < -0.4 is 15.6 Å². The summed E-state index contributed by atoms with van der Waals surface area (Å²) < 4.78 is 21.1. The Morgan fingerprint density at radius 3 is 2.64 bits per heavy atom. The van der Waals surface area contributed by atoms with Crippen molar-refractivity contribution in [1.29, 1.82) is 0 Å². The summed E-state index contributed by atoms with van der Waals surface area (Å²) in [6.45, 7) is 8.30. The third kappa shape index (κ3) is 6.30. The fraction of sp³-hybridized carbons (Fsp3) is 0.444. The smallest absolute Gasteiger partial charge is 0.261 e. The lowest BCUT2D eigenvalue weighted by Crippen LogP contribution is -2.56. The number of methoxy groups -OCH3 is 1. The lowest BCUT2D eigenvalue weighted by Gasteiger charge is -2.61. The molecule has 0 spiro atoms. The molecule has 4 aromatic rings. The van der Waals surface area contributed by atoms with Crippen molar-refractivity contribution in [2.45, 2.75) is 59.0 Å². The second-order valence-corrected chi connectivity index (χ2v) is 13.3. The number of nitrogens with zero attached hydrogens (tertiary/aromatic N) is 5. The zero-order valence-corrected chi connectivity index (χ0v) is 26.8. The summed E-state index contributed by atoms with van der Waals surface area (Å²) in [6, 6.07) is 14.8. The highest BCUT2D eigenvalue weighted by Crippen LogP contribution is 2.61. The predicted octanol–water partition coefficient (Wildman–Crippen LogP) is 6.20. The summed E-state index contributed by atoms with van der Waals surface area (Å²) in [5, 5.41) is 4.10. The molecule has 2 unspecified atom stereocenters. The molecule has 0 amide bonds. The van der Waals surface area contributed by atoms with E-state index in [-0.39, 0.29) is 17.4 Å². The summed E-state index contributed by atoms with van der Waals surface area (Å²) in [5.74, 6) is 2.86. The number of pyridine rings is 1. The average molecular weight is 611 g/mol. The molecule has 4 atom stereocenters. The maximum absolute atomic E-state index is 14.5. The van der Waals surface area contributed by atoms with Crippen molar-refractivity contribution >= 4 is 22.5 Å². The molecule has 0 radical (unpaired) electrons. The summed E-state index contributed by atoms with van der Waals surface area (Å²) in [5.41, 5.74) is 3.43. The monoisotopic (exact) mass is 610 g/mol. The van der Waals surface area contributed by atoms with Crippen LogP contribution in [0.5, 0.6) is 5.75 Å². The number of hydrogen-bond donors (Lipinski definition) is 1. The lowest BCUT2D eigenvalue weighted by molar-refractivity contribution is -0.108. The molecule has 3 aliphatic carbocycles. The fourth-order valence-electron chi connectivity index (χ4n) is 7.25. The molecular formula is C36H43FN6O2. The average Bonchev–Trinajstić information content (AvgIpc) is 3.04. The second kappa shape index (κ2) is 12.6. The zero-order chi connectivity index (χ0) is 31.7. The summed E-state index contributed by atoms with van der Waals surface area (Å²) in [7, 11) is 3.58. The van der Waals surface area contributed by atoms with Gasteiger partial charge in [0.2, 0.25) is 0 Å². The minimum Gasteiger partial charge on any atom is -0.497 e. The van der Waals surface area contributed by atoms with Gasteiger partial charge in [-0.1, -0.05) is 26.8 Å². The fourth-order valence-corrected chi connectivity index (χ4v) is 7.25. The molecule has 236 valence electrons. The molecule has 8 nitrogen and oxygen atoms in total. The molecular weight excluding hydrogens is 567 g/mol. The molecule has 7 rings (SSSR count). The minimum absolute atomic E-state index is 0.151. The van der Waals surface area contributed by atoms with Crippen molar-refractivity contribution < 1.29 is 9.13 Å². The number of likely N-dealkylation sites (N-methyl/N-ethyl adjacent to an activating group) is 1. The van der Waals surface area contributed by atoms with E-state index in [1.807, 2.05) is 42.7 Å². The van der Waals surface area contributed by atoms with Crippen LogP contribution in [0.1, 0.15) is 44.7 Å². The first kappa shape index (κ1) is 30.7. The maximum Gasteiger partial charge on any atom is 0.261 e. The van der Waals surface area contributed by atoms with E-state index in [2.05, 4.69) is 48.0 Å². The summed E-state index contributed by atoms with van der Waals surface area (Å²) in [6.07, 6.45) is 8.85. The summed E-state index contributed by atoms with van der Waals surface area (Å²) >= 11 is 0. The van der Waals surface area contributed by atoms with Gasteiger partial charge in [0.1, 0.15) is 11.6 Å². The van der Waals surface area contributed by atoms with E-state index < -0.39 is 0 Å². The molecule has 0 aliphatic heterocycles. The Balaban J connectivity index is 1.21. The predicted molar refractivity (Wildman–Crippen MR) is 177 cm³/mol. The normalized spacial score (nSPS) is 22.1. The van der Waals surface area contributed by atoms with Crippen molar-refractivity contribution in [3.8, 4) is 5.75 Å². The Kier molecular flexibility index (Phi) is 8.62. The van der Waals surface area contributed by atoms with Crippen LogP contribution in [-0.2, 0) is 19.4 Å². The van der Waals surface area contributed by atoms with Gasteiger partial charge in [-0.2, -0.15) is 0 Å². The number of aryl methyl sites for hydroxylation is 2. The third-order valence-corrected chi connectivity index (χ3v) is 10.4. The first-order valence-corrected chi connectivity index (χ1v) is 15.9. The minimum atomic E-state index is -0.349. The Hall–Kier alpha value is -4.27. The van der Waals surface area contributed by atoms with E-state index in [0.717, 1.165) is 31.0 Å². The van der Waals surface area contributed by atoms with Gasteiger partial charge in [-0.05, 0) is 96.4 Å². The number of nitrogens with one attached hydrogen (secondary N) is 1. The van der Waals surface area contributed by atoms with Gasteiger partial charge in [0.25, 0.3) is 5.56 Å². The number of hydrogen-bond acceptors (Lipinski definition) is 5. The Morgan fingerprint density at radius 1 is 1.13 bits per heavy atom. The highest BCUT2D eigenvalue weighted by atomic mass is 19.1. The molecule has 9 heteroatoms. The van der Waals surface area contributed by atoms with Gasteiger partial charge in [0.15, 0.2) is 5.96 Å². The first-order valence-electron chi connectivity index (χ1n) is 15.9. The first-order chi connectivity index (χ1) is 21.6. The largest absolute Gasteiger partial charge is 0.497 e. The number of fused-ring (bicyclic) bond motifs is 3. The van der Waals surface area contributed by atoms with Crippen LogP contribution in [0.2, 0.25) is 0 Å². The van der Waals surface area contributed by atoms with E-state index in [4.69, 9.17) is 9.73 Å². The number of aliphatic imine (C=N–C) groups is 1. The van der Waals surface area contributed by atoms with E-state index in [1.54, 1.807) is 18.5 Å². The number of guanidine groups is 1. The van der Waals surface area contributed by atoms with E-state index in [1.165, 1.54) is 29.7 Å². The molecule has 1 N–H and O–H groups in total. The van der Waals surface area contributed by atoms with Crippen molar-refractivity contribution in [2.24, 2.45) is 28.2 Å². The number of aromatic nitrogens is 3. The van der Waals surface area contributed by atoms with Crippen LogP contribution >= 0.6 is 0 Å². The van der Waals surface area contributed by atoms with Crippen molar-refractivity contribution in [3.63, 3.8) is 0 Å². The van der Waals surface area contributed by atoms with Crippen LogP contribution in [0.4, 0.5) is 10.1 Å². The van der Waals surface area contributed by atoms with Crippen LogP contribution in [-0.4, -0.2) is 52.1 Å². The van der Waals surface area contributed by atoms with Crippen molar-refractivity contribution in [1.82, 2.24) is 19.4 Å². The number of ether oxygens (including phenoxy) is 1. The molecule has 0 saturated heterocycles. The molecule has 2 aromatic carbocycles. The Morgan fingerprint density at radius 2 is 1.93 bits per heavy atom. The van der Waals surface area contributed by atoms with Crippen LogP contribution in [0.25, 0.3) is 10.9 Å². The lowest BCUT2D eigenvalue weighted by atomic mass is 9.45. The quantitative estimate of drug-likeness (QED) is 0.180. The molecule has 2 heterocycles. The van der Waals surface area contributed by atoms with Gasteiger partial charge in [-0.25, -0.2) is 14.4 Å². The van der Waals surface area contributed by atoms with Gasteiger partial charge < -0.3 is 15.0 Å². The number of halogens is 1. The maximum atomic E-state index is 14.5. The molecule has 45 heavy (non-hydrogen) atoms. The van der Waals surface area contributed by atoms with Gasteiger partial charge in [0.05, 0.1) is 30.4 Å². The van der Waals surface area contributed by atoms with Crippen molar-refractivity contribution in [2.75, 3.05) is 26.0 Å². The van der Waals surface area contributed by atoms with Gasteiger partial charge >= 0.3 is 0 Å². The molecule has 3 fully saturated rings. The van der Waals surface area contributed by atoms with Crippen LogP contribution in [0, 0.1) is 29.0 Å². The Bertz CT molecular complexity index is 1750. The highest BCUT2D eigenvalue weighted by Gasteiger charge is 2.56. The zero-order valence-electron chi connectivity index (χ0n) is 26.8. The van der Waals surface area contributed by atoms with Gasteiger partial charge in [-0.3, -0.25) is 14.3 Å². The number of anilines is 1. The summed E-state index contributed by atoms with van der Waals surface area (Å²) in [4.78, 5) is 29.6. The van der Waals surface area contributed by atoms with Crippen LogP contribution in [0.15, 0.2) is 77.0 Å². The Labute approximate surface area is 264 Å². The van der Waals surface area contributed by atoms with E-state index in [0.29, 0.717) is 58.4 Å². The topological polar surface area (TPSA) is 84.6 Å². The van der Waals surface area contributed by atoms with Crippen molar-refractivity contribution in [3.05, 3.63) is 94.5 Å².